The number of hydrogen-bond acceptors (Lipinski definition) is 4. The highest BCUT2D eigenvalue weighted by molar-refractivity contribution is 9.10. The molecule has 1 aromatic heterocycles. The van der Waals surface area contributed by atoms with E-state index >= 15 is 0 Å². The number of fused-ring (bicyclic) bond motifs is 1. The molecule has 0 aliphatic rings. The van der Waals surface area contributed by atoms with Crippen LogP contribution in [-0.4, -0.2) is 14.2 Å². The minimum absolute atomic E-state index is 0.324. The maximum atomic E-state index is 11.6. The Morgan fingerprint density at radius 1 is 1.17 bits per heavy atom. The van der Waals surface area contributed by atoms with E-state index in [0.29, 0.717) is 12.1 Å². The lowest BCUT2D eigenvalue weighted by Crippen LogP contribution is -2.16. The summed E-state index contributed by atoms with van der Waals surface area (Å²) in [6.07, 6.45) is 0. The van der Waals surface area contributed by atoms with Crippen LogP contribution in [0.5, 0.6) is 5.75 Å². The summed E-state index contributed by atoms with van der Waals surface area (Å²) in [6, 6.07) is 13.3. The van der Waals surface area contributed by atoms with Crippen LogP contribution in [0.2, 0.25) is 0 Å². The third kappa shape index (κ3) is 3.31. The van der Waals surface area contributed by atoms with Crippen LogP contribution in [0.25, 0.3) is 11.0 Å². The fourth-order valence-electron chi connectivity index (χ4n) is 2.70. The van der Waals surface area contributed by atoms with Crippen molar-refractivity contribution in [1.82, 2.24) is 0 Å². The highest BCUT2D eigenvalue weighted by Gasteiger charge is 2.09. The Balaban J connectivity index is 1.94. The molecule has 0 radical (unpaired) electrons. The summed E-state index contributed by atoms with van der Waals surface area (Å²) in [6.45, 7) is 2.61. The van der Waals surface area contributed by atoms with Gasteiger partial charge in [-0.2, -0.15) is 0 Å². The molecule has 0 spiro atoms. The van der Waals surface area contributed by atoms with Crippen molar-refractivity contribution >= 4 is 32.6 Å². The number of halogens is 1. The Kier molecular flexibility index (Phi) is 4.62. The smallest absolute Gasteiger partial charge is 0.336 e. The zero-order valence-electron chi connectivity index (χ0n) is 13.8. The van der Waals surface area contributed by atoms with Gasteiger partial charge < -0.3 is 14.1 Å². The van der Waals surface area contributed by atoms with Crippen molar-refractivity contribution in [3.8, 4) is 5.75 Å². The van der Waals surface area contributed by atoms with E-state index in [4.69, 9.17) is 9.15 Å². The molecule has 0 bridgehead atoms. The van der Waals surface area contributed by atoms with Gasteiger partial charge in [-0.3, -0.25) is 0 Å². The van der Waals surface area contributed by atoms with Gasteiger partial charge in [0.25, 0.3) is 0 Å². The van der Waals surface area contributed by atoms with Gasteiger partial charge in [-0.15, -0.1) is 0 Å². The molecule has 4 nitrogen and oxygen atoms in total. The molecule has 3 aromatic rings. The second-order valence-electron chi connectivity index (χ2n) is 5.74. The molecule has 3 rings (SSSR count). The summed E-state index contributed by atoms with van der Waals surface area (Å²) < 4.78 is 11.7. The van der Waals surface area contributed by atoms with Crippen molar-refractivity contribution in [2.75, 3.05) is 19.1 Å². The van der Waals surface area contributed by atoms with Gasteiger partial charge in [-0.25, -0.2) is 4.79 Å². The van der Waals surface area contributed by atoms with E-state index in [1.165, 1.54) is 6.07 Å². The lowest BCUT2D eigenvalue weighted by Gasteiger charge is -2.21. The van der Waals surface area contributed by atoms with E-state index in [1.54, 1.807) is 7.11 Å². The highest BCUT2D eigenvalue weighted by Crippen LogP contribution is 2.27. The van der Waals surface area contributed by atoms with Gasteiger partial charge in [0.05, 0.1) is 7.11 Å². The lowest BCUT2D eigenvalue weighted by atomic mass is 10.1. The first kappa shape index (κ1) is 16.6. The van der Waals surface area contributed by atoms with E-state index in [-0.39, 0.29) is 5.63 Å². The fraction of sp³-hybridized carbons (Fsp3) is 0.211. The number of methoxy groups -OCH3 is 1. The predicted molar refractivity (Wildman–Crippen MR) is 100 cm³/mol. The second-order valence-corrected chi connectivity index (χ2v) is 6.60. The molecule has 0 amide bonds. The van der Waals surface area contributed by atoms with Crippen LogP contribution in [0.15, 0.2) is 56.1 Å². The number of rotatable bonds is 4. The van der Waals surface area contributed by atoms with Crippen molar-refractivity contribution in [2.45, 2.75) is 13.5 Å². The maximum absolute atomic E-state index is 11.6. The van der Waals surface area contributed by atoms with Crippen LogP contribution in [0.1, 0.15) is 11.1 Å². The van der Waals surface area contributed by atoms with Crippen molar-refractivity contribution < 1.29 is 9.15 Å². The molecular weight excluding hydrogens is 370 g/mol. The Morgan fingerprint density at radius 2 is 1.96 bits per heavy atom. The molecule has 0 unspecified atom stereocenters. The Labute approximate surface area is 148 Å². The van der Waals surface area contributed by atoms with E-state index in [0.717, 1.165) is 32.4 Å². The first-order chi connectivity index (χ1) is 11.5. The first-order valence-corrected chi connectivity index (χ1v) is 8.35. The predicted octanol–water partition coefficient (Wildman–Crippen LogP) is 4.51. The quantitative estimate of drug-likeness (QED) is 0.617. The molecule has 0 saturated heterocycles. The summed E-state index contributed by atoms with van der Waals surface area (Å²) in [5.41, 5.74) is 3.30. The number of anilines is 1. The van der Waals surface area contributed by atoms with Gasteiger partial charge in [0.2, 0.25) is 0 Å². The molecule has 1 heterocycles. The number of aryl methyl sites for hydroxylation is 1. The van der Waals surface area contributed by atoms with Crippen molar-refractivity contribution in [1.29, 1.82) is 0 Å². The van der Waals surface area contributed by atoms with Gasteiger partial charge in [-0.05, 0) is 48.4 Å². The molecule has 0 atom stereocenters. The van der Waals surface area contributed by atoms with Crippen LogP contribution >= 0.6 is 15.9 Å². The van der Waals surface area contributed by atoms with Crippen LogP contribution < -0.4 is 15.3 Å². The molecule has 2 aromatic carbocycles. The zero-order valence-corrected chi connectivity index (χ0v) is 15.4. The van der Waals surface area contributed by atoms with Crippen LogP contribution in [-0.2, 0) is 6.54 Å². The summed E-state index contributed by atoms with van der Waals surface area (Å²) >= 11 is 3.58. The van der Waals surface area contributed by atoms with E-state index in [2.05, 4.69) is 20.8 Å². The SMILES string of the molecule is COc1ccc(Br)c(CN(C)c2ccc3c(C)cc(=O)oc3c2)c1. The highest BCUT2D eigenvalue weighted by atomic mass is 79.9. The topological polar surface area (TPSA) is 42.7 Å². The Bertz CT molecular complexity index is 949. The van der Waals surface area contributed by atoms with Crippen LogP contribution in [0.3, 0.4) is 0 Å². The van der Waals surface area contributed by atoms with Gasteiger partial charge in [-0.1, -0.05) is 15.9 Å². The fourth-order valence-corrected chi connectivity index (χ4v) is 3.07. The summed E-state index contributed by atoms with van der Waals surface area (Å²) in [7, 11) is 3.66. The molecule has 5 heteroatoms. The van der Waals surface area contributed by atoms with Gasteiger partial charge in [0.1, 0.15) is 11.3 Å². The monoisotopic (exact) mass is 387 g/mol. The van der Waals surface area contributed by atoms with Crippen molar-refractivity contribution in [3.63, 3.8) is 0 Å². The molecular formula is C19H18BrNO3. The first-order valence-electron chi connectivity index (χ1n) is 7.56. The molecule has 124 valence electrons. The lowest BCUT2D eigenvalue weighted by molar-refractivity contribution is 0.414. The largest absolute Gasteiger partial charge is 0.497 e. The van der Waals surface area contributed by atoms with E-state index in [1.807, 2.05) is 50.4 Å². The standard InChI is InChI=1S/C19H18BrNO3/c1-12-8-19(22)24-18-10-14(4-6-16(12)18)21(2)11-13-9-15(23-3)5-7-17(13)20/h4-10H,11H2,1-3H3. The van der Waals surface area contributed by atoms with Crippen molar-refractivity contribution in [2.24, 2.45) is 0 Å². The van der Waals surface area contributed by atoms with Gasteiger partial charge in [0, 0.05) is 41.3 Å². The Morgan fingerprint density at radius 3 is 2.71 bits per heavy atom. The summed E-state index contributed by atoms with van der Waals surface area (Å²) in [5.74, 6) is 0.821. The second kappa shape index (κ2) is 6.69. The zero-order chi connectivity index (χ0) is 17.3. The Hall–Kier alpha value is -2.27. The van der Waals surface area contributed by atoms with E-state index in [9.17, 15) is 4.79 Å². The molecule has 0 aliphatic heterocycles. The third-order valence-electron chi connectivity index (χ3n) is 4.04. The average Bonchev–Trinajstić information content (AvgIpc) is 2.56. The number of nitrogens with zero attached hydrogens (tertiary/aromatic N) is 1. The van der Waals surface area contributed by atoms with Gasteiger partial charge in [0.15, 0.2) is 0 Å². The maximum Gasteiger partial charge on any atom is 0.336 e. The van der Waals surface area contributed by atoms with Crippen molar-refractivity contribution in [3.05, 3.63) is 68.5 Å². The number of benzene rings is 2. The van der Waals surface area contributed by atoms with Gasteiger partial charge >= 0.3 is 5.63 Å². The molecule has 24 heavy (non-hydrogen) atoms. The minimum Gasteiger partial charge on any atom is -0.497 e. The van der Waals surface area contributed by atoms with E-state index < -0.39 is 0 Å². The molecule has 0 fully saturated rings. The number of hydrogen-bond donors (Lipinski definition) is 0. The summed E-state index contributed by atoms with van der Waals surface area (Å²) in [4.78, 5) is 13.7. The normalized spacial score (nSPS) is 10.8. The molecule has 0 saturated carbocycles. The minimum atomic E-state index is -0.324. The van der Waals surface area contributed by atoms with Crippen LogP contribution in [0, 0.1) is 6.92 Å². The summed E-state index contributed by atoms with van der Waals surface area (Å²) in [5, 5.41) is 0.953. The molecule has 0 aliphatic carbocycles. The number of ether oxygens (including phenoxy) is 1. The van der Waals surface area contributed by atoms with Crippen LogP contribution in [0.4, 0.5) is 5.69 Å². The molecule has 0 N–H and O–H groups in total. The average molecular weight is 388 g/mol. The third-order valence-corrected chi connectivity index (χ3v) is 4.81.